The Kier molecular flexibility index (Phi) is 24.5. The fourth-order valence-corrected chi connectivity index (χ4v) is 1.60. The fraction of sp³-hybridized carbons (Fsp3) is 0.625. The van der Waals surface area contributed by atoms with E-state index in [0.717, 1.165) is 0 Å². The fourth-order valence-electron chi connectivity index (χ4n) is 1.60. The summed E-state index contributed by atoms with van der Waals surface area (Å²) >= 11 is 0. The van der Waals surface area contributed by atoms with Crippen molar-refractivity contribution in [2.45, 2.75) is 55.1 Å². The number of carboxylic acids is 5. The van der Waals surface area contributed by atoms with E-state index in [2.05, 4.69) is 0 Å². The third-order valence-corrected chi connectivity index (χ3v) is 3.51. The van der Waals surface area contributed by atoms with Crippen LogP contribution >= 0.6 is 0 Å². The Labute approximate surface area is 206 Å². The van der Waals surface area contributed by atoms with Crippen molar-refractivity contribution in [1.29, 1.82) is 0 Å². The molecule has 37 heavy (non-hydrogen) atoms. The van der Waals surface area contributed by atoms with Crippen LogP contribution in [0.3, 0.4) is 0 Å². The van der Waals surface area contributed by atoms with Gasteiger partial charge in [-0.05, 0) is 0 Å². The lowest BCUT2D eigenvalue weighted by Crippen LogP contribution is -2.46. The second kappa shape index (κ2) is 20.8. The minimum Gasteiger partial charge on any atom is -0.481 e. The monoisotopic (exact) mass is 556 g/mol. The van der Waals surface area contributed by atoms with Crippen LogP contribution in [0.25, 0.3) is 0 Å². The summed E-state index contributed by atoms with van der Waals surface area (Å²) in [7, 11) is 0. The molecular weight excluding hydrogens is 524 g/mol. The Morgan fingerprint density at radius 1 is 0.676 bits per heavy atom. The zero-order chi connectivity index (χ0) is 28.7. The molecule has 0 aliphatic heterocycles. The van der Waals surface area contributed by atoms with Crippen molar-refractivity contribution in [1.82, 2.24) is 12.3 Å². The lowest BCUT2D eigenvalue weighted by atomic mass is 9.96. The number of carbonyl (C=O) groups is 6. The molecular formula is C16H32N2O19. The van der Waals surface area contributed by atoms with Crippen molar-refractivity contribution in [2.24, 2.45) is 0 Å². The maximum atomic E-state index is 10.3. The zero-order valence-corrected chi connectivity index (χ0v) is 18.8. The van der Waals surface area contributed by atoms with Gasteiger partial charge in [-0.3, -0.25) is 9.59 Å². The number of hydrogen-bond acceptors (Lipinski definition) is 16. The van der Waals surface area contributed by atoms with E-state index in [4.69, 9.17) is 66.4 Å². The zero-order valence-electron chi connectivity index (χ0n) is 18.8. The lowest BCUT2D eigenvalue weighted by Gasteiger charge is -2.22. The molecule has 0 fully saturated rings. The van der Waals surface area contributed by atoms with Gasteiger partial charge in [0.15, 0.2) is 24.1 Å². The molecule has 6 atom stereocenters. The van der Waals surface area contributed by atoms with Crippen LogP contribution in [0.1, 0.15) is 12.8 Å². The van der Waals surface area contributed by atoms with Gasteiger partial charge in [0.1, 0.15) is 24.4 Å². The average Bonchev–Trinajstić information content (AvgIpc) is 2.75. The number of rotatable bonds is 13. The molecule has 21 heteroatoms. The second-order valence-corrected chi connectivity index (χ2v) is 6.40. The Balaban J connectivity index is -0.000000136. The van der Waals surface area contributed by atoms with Crippen LogP contribution in [-0.4, -0.2) is 151 Å². The first-order valence-corrected chi connectivity index (χ1v) is 8.78. The molecule has 0 heterocycles. The summed E-state index contributed by atoms with van der Waals surface area (Å²) in [5, 5.41) is 110. The van der Waals surface area contributed by atoms with Crippen LogP contribution in [0.4, 0.5) is 0 Å². The predicted octanol–water partition coefficient (Wildman–Crippen LogP) is -6.43. The van der Waals surface area contributed by atoms with Gasteiger partial charge in [-0.1, -0.05) is 0 Å². The summed E-state index contributed by atoms with van der Waals surface area (Å²) in [6.07, 6.45) is -13.7. The maximum Gasteiger partial charge on any atom is 0.336 e. The van der Waals surface area contributed by atoms with Gasteiger partial charge in [0.25, 0.3) is 0 Å². The Hall–Kier alpha value is -3.38. The molecule has 0 aromatic rings. The minimum atomic E-state index is -2.74. The molecule has 0 aliphatic rings. The highest BCUT2D eigenvalue weighted by Crippen LogP contribution is 2.15. The normalized spacial score (nSPS) is 14.9. The van der Waals surface area contributed by atoms with E-state index in [-0.39, 0.29) is 18.6 Å². The molecule has 0 aromatic heterocycles. The quantitative estimate of drug-likeness (QED) is 0.0937. The van der Waals surface area contributed by atoms with Crippen LogP contribution in [0, 0.1) is 0 Å². The van der Waals surface area contributed by atoms with Gasteiger partial charge in [0.05, 0.1) is 19.4 Å². The first-order valence-electron chi connectivity index (χ1n) is 8.78. The third-order valence-electron chi connectivity index (χ3n) is 3.51. The molecule has 0 spiro atoms. The van der Waals surface area contributed by atoms with Crippen LogP contribution in [-0.2, 0) is 28.8 Å². The van der Waals surface area contributed by atoms with Gasteiger partial charge in [-0.15, -0.1) is 0 Å². The van der Waals surface area contributed by atoms with E-state index in [1.165, 1.54) is 0 Å². The third kappa shape index (κ3) is 18.5. The second-order valence-electron chi connectivity index (χ2n) is 6.40. The number of aliphatic hydroxyl groups excluding tert-OH is 7. The van der Waals surface area contributed by atoms with Crippen LogP contribution in [0.2, 0.25) is 0 Å². The molecule has 19 N–H and O–H groups in total. The molecule has 0 amide bonds. The number of carboxylic acid groups (broad SMARTS) is 5. The van der Waals surface area contributed by atoms with Gasteiger partial charge >= 0.3 is 29.8 Å². The highest BCUT2D eigenvalue weighted by molar-refractivity contribution is 5.88. The van der Waals surface area contributed by atoms with Crippen molar-refractivity contribution in [2.75, 3.05) is 6.61 Å². The summed E-state index contributed by atoms with van der Waals surface area (Å²) in [6, 6.07) is 0. The highest BCUT2D eigenvalue weighted by atomic mass is 16.4. The number of hydrogen-bond donors (Lipinski definition) is 15. The van der Waals surface area contributed by atoms with Crippen LogP contribution in [0.15, 0.2) is 0 Å². The largest absolute Gasteiger partial charge is 0.481 e. The van der Waals surface area contributed by atoms with Crippen molar-refractivity contribution >= 4 is 36.1 Å². The van der Waals surface area contributed by atoms with E-state index in [0.29, 0.717) is 0 Å². The van der Waals surface area contributed by atoms with E-state index in [1.54, 1.807) is 0 Å². The van der Waals surface area contributed by atoms with Gasteiger partial charge in [-0.25, -0.2) is 14.4 Å². The van der Waals surface area contributed by atoms with Gasteiger partial charge in [0.2, 0.25) is 0 Å². The first-order chi connectivity index (χ1) is 15.8. The number of carbonyl (C=O) groups excluding carboxylic acids is 1. The summed E-state index contributed by atoms with van der Waals surface area (Å²) in [6.45, 7) is -0.760. The molecule has 220 valence electrons. The van der Waals surface area contributed by atoms with Crippen molar-refractivity contribution in [3.63, 3.8) is 0 Å². The standard InChI is InChI=1S/C6H8O7.C6H12O6.C4H6O6.2H3N/c7-3(8)1-6(13,5(11)12)2-4(9)10;7-1-3(9)5(11)6(12)4(10)2-8;5-1(3(7)8)2(6)4(9)10;;/h13H,1-2H2,(H,7,8)(H,9,10)(H,11,12);1,3-6,8-12H,2H2;1-2,5-6H,(H,7,8)(H,9,10);2*1H3. The summed E-state index contributed by atoms with van der Waals surface area (Å²) in [4.78, 5) is 59.9. The number of aldehydes is 1. The van der Waals surface area contributed by atoms with E-state index < -0.39 is 91.5 Å². The molecule has 21 nitrogen and oxygen atoms in total. The molecule has 0 saturated carbocycles. The van der Waals surface area contributed by atoms with E-state index >= 15 is 0 Å². The summed E-state index contributed by atoms with van der Waals surface area (Å²) < 4.78 is 0. The molecule has 0 aliphatic carbocycles. The predicted molar refractivity (Wildman–Crippen MR) is 112 cm³/mol. The number of aliphatic hydroxyl groups is 8. The average molecular weight is 556 g/mol. The molecule has 0 radical (unpaired) electrons. The van der Waals surface area contributed by atoms with Crippen LogP contribution < -0.4 is 12.3 Å². The first kappa shape index (κ1) is 43.7. The van der Waals surface area contributed by atoms with Gasteiger partial charge < -0.3 is 83.5 Å². The Bertz CT molecular complexity index is 697. The van der Waals surface area contributed by atoms with Gasteiger partial charge in [0, 0.05) is 0 Å². The lowest BCUT2D eigenvalue weighted by molar-refractivity contribution is -0.170. The smallest absolute Gasteiger partial charge is 0.336 e. The summed E-state index contributed by atoms with van der Waals surface area (Å²) in [5.74, 6) is -8.56. The topological polar surface area (TPSA) is 435 Å². The SMILES string of the molecule is N.N.O=C(O)C(O)C(O)C(=O)O.O=C(O)CC(O)(CC(=O)O)C(=O)O.O=CC(O)C(O)C(O)C(O)CO. The number of aliphatic carboxylic acids is 5. The van der Waals surface area contributed by atoms with E-state index in [9.17, 15) is 28.8 Å². The minimum absolute atomic E-state index is 0. The van der Waals surface area contributed by atoms with Crippen molar-refractivity contribution in [3.8, 4) is 0 Å². The molecule has 0 saturated heterocycles. The summed E-state index contributed by atoms with van der Waals surface area (Å²) in [5.41, 5.74) is -2.74. The molecule has 0 aromatic carbocycles. The molecule has 0 rings (SSSR count). The molecule has 6 unspecified atom stereocenters. The Morgan fingerprint density at radius 2 is 1.00 bits per heavy atom. The highest BCUT2D eigenvalue weighted by Gasteiger charge is 2.40. The molecule has 0 bridgehead atoms. The van der Waals surface area contributed by atoms with Gasteiger partial charge in [-0.2, -0.15) is 0 Å². The van der Waals surface area contributed by atoms with Crippen molar-refractivity contribution < 1.29 is 95.2 Å². The Morgan fingerprint density at radius 3 is 1.19 bits per heavy atom. The van der Waals surface area contributed by atoms with Crippen LogP contribution in [0.5, 0.6) is 0 Å². The van der Waals surface area contributed by atoms with Crippen molar-refractivity contribution in [3.05, 3.63) is 0 Å². The maximum absolute atomic E-state index is 10.3. The van der Waals surface area contributed by atoms with E-state index in [1.807, 2.05) is 0 Å².